The second kappa shape index (κ2) is 6.03. The summed E-state index contributed by atoms with van der Waals surface area (Å²) >= 11 is 1.64. The number of amides is 1. The van der Waals surface area contributed by atoms with Gasteiger partial charge in [-0.25, -0.2) is 4.79 Å². The maximum Gasteiger partial charge on any atom is 0.405 e. The minimum Gasteiger partial charge on any atom is -0.465 e. The molecule has 0 aliphatic heterocycles. The maximum atomic E-state index is 10.4. The molecule has 16 heavy (non-hydrogen) atoms. The average Bonchev–Trinajstić information content (AvgIpc) is 2.28. The van der Waals surface area contributed by atoms with Crippen molar-refractivity contribution in [3.8, 4) is 6.07 Å². The molecule has 1 rings (SSSR count). The summed E-state index contributed by atoms with van der Waals surface area (Å²) in [7, 11) is 0. The Balaban J connectivity index is 2.64. The van der Waals surface area contributed by atoms with Gasteiger partial charge < -0.3 is 10.4 Å². The topological polar surface area (TPSA) is 73.1 Å². The highest BCUT2D eigenvalue weighted by molar-refractivity contribution is 7.98. The number of thioether (sulfide) groups is 1. The number of carbonyl (C=O) groups is 1. The third-order valence-corrected chi connectivity index (χ3v) is 2.80. The van der Waals surface area contributed by atoms with E-state index < -0.39 is 12.1 Å². The number of hydrogen-bond donors (Lipinski definition) is 2. The summed E-state index contributed by atoms with van der Waals surface area (Å²) in [4.78, 5) is 11.5. The van der Waals surface area contributed by atoms with Gasteiger partial charge in [-0.15, -0.1) is 11.8 Å². The van der Waals surface area contributed by atoms with E-state index >= 15 is 0 Å². The van der Waals surface area contributed by atoms with Crippen LogP contribution in [0.1, 0.15) is 5.56 Å². The highest BCUT2D eigenvalue weighted by Gasteiger charge is 2.10. The van der Waals surface area contributed by atoms with Gasteiger partial charge in [-0.3, -0.25) is 0 Å². The number of benzene rings is 1. The molecule has 0 fully saturated rings. The molecule has 0 aliphatic carbocycles. The van der Waals surface area contributed by atoms with Crippen molar-refractivity contribution in [3.05, 3.63) is 29.8 Å². The van der Waals surface area contributed by atoms with Crippen molar-refractivity contribution in [1.82, 2.24) is 5.32 Å². The number of rotatable bonds is 4. The number of nitriles is 1. The van der Waals surface area contributed by atoms with E-state index in [9.17, 15) is 4.79 Å². The normalized spacial score (nSPS) is 11.5. The maximum absolute atomic E-state index is 10.4. The first-order chi connectivity index (χ1) is 7.65. The van der Waals surface area contributed by atoms with Gasteiger partial charge in [-0.1, -0.05) is 12.1 Å². The van der Waals surface area contributed by atoms with Crippen LogP contribution in [0.4, 0.5) is 4.79 Å². The molecule has 0 saturated heterocycles. The predicted molar refractivity (Wildman–Crippen MR) is 62.5 cm³/mol. The Bertz CT molecular complexity index is 397. The first-order valence-corrected chi connectivity index (χ1v) is 5.90. The van der Waals surface area contributed by atoms with Crippen molar-refractivity contribution < 1.29 is 9.90 Å². The minimum atomic E-state index is -1.17. The Morgan fingerprint density at radius 2 is 2.19 bits per heavy atom. The first-order valence-electron chi connectivity index (χ1n) is 4.67. The van der Waals surface area contributed by atoms with Crippen LogP contribution in [0, 0.1) is 11.3 Å². The molecule has 0 aromatic heterocycles. The zero-order valence-electron chi connectivity index (χ0n) is 8.80. The van der Waals surface area contributed by atoms with Crippen LogP contribution < -0.4 is 5.32 Å². The van der Waals surface area contributed by atoms with Gasteiger partial charge in [0, 0.05) is 11.3 Å². The molecule has 0 aliphatic rings. The summed E-state index contributed by atoms with van der Waals surface area (Å²) in [5.41, 5.74) is 0.943. The molecule has 84 valence electrons. The average molecular weight is 236 g/mol. The molecule has 0 saturated carbocycles. The van der Waals surface area contributed by atoms with Crippen molar-refractivity contribution in [3.63, 3.8) is 0 Å². The second-order valence-electron chi connectivity index (χ2n) is 3.18. The van der Waals surface area contributed by atoms with Crippen molar-refractivity contribution in [2.45, 2.75) is 17.4 Å². The highest BCUT2D eigenvalue weighted by atomic mass is 32.2. The Labute approximate surface area is 98.3 Å². The molecule has 4 nitrogen and oxygen atoms in total. The van der Waals surface area contributed by atoms with E-state index in [2.05, 4.69) is 5.32 Å². The van der Waals surface area contributed by atoms with E-state index in [1.54, 1.807) is 11.8 Å². The van der Waals surface area contributed by atoms with Gasteiger partial charge in [0.15, 0.2) is 0 Å². The molecule has 2 N–H and O–H groups in total. The van der Waals surface area contributed by atoms with Gasteiger partial charge in [-0.05, 0) is 24.0 Å². The lowest BCUT2D eigenvalue weighted by molar-refractivity contribution is 0.192. The van der Waals surface area contributed by atoms with Crippen molar-refractivity contribution in [1.29, 1.82) is 5.26 Å². The molecule has 0 unspecified atom stereocenters. The Morgan fingerprint density at radius 3 is 2.62 bits per heavy atom. The van der Waals surface area contributed by atoms with E-state index in [4.69, 9.17) is 10.4 Å². The number of nitrogens with zero attached hydrogens (tertiary/aromatic N) is 1. The molecule has 0 radical (unpaired) electrons. The molecule has 0 heterocycles. The molecule has 0 bridgehead atoms. The third-order valence-electron chi connectivity index (χ3n) is 2.05. The van der Waals surface area contributed by atoms with E-state index in [0.717, 1.165) is 10.5 Å². The smallest absolute Gasteiger partial charge is 0.405 e. The quantitative estimate of drug-likeness (QED) is 0.785. The Kier molecular flexibility index (Phi) is 4.67. The zero-order chi connectivity index (χ0) is 12.0. The van der Waals surface area contributed by atoms with Crippen molar-refractivity contribution in [2.75, 3.05) is 6.26 Å². The van der Waals surface area contributed by atoms with Crippen molar-refractivity contribution in [2.24, 2.45) is 0 Å². The number of nitrogens with one attached hydrogen (secondary N) is 1. The third kappa shape index (κ3) is 3.83. The molecule has 1 atom stereocenters. The fourth-order valence-electron chi connectivity index (χ4n) is 1.28. The van der Waals surface area contributed by atoms with E-state index in [-0.39, 0.29) is 0 Å². The Hall–Kier alpha value is -1.67. The van der Waals surface area contributed by atoms with Crippen LogP contribution in [0.5, 0.6) is 0 Å². The van der Waals surface area contributed by atoms with Crippen LogP contribution in [0.2, 0.25) is 0 Å². The molecule has 5 heteroatoms. The van der Waals surface area contributed by atoms with E-state index in [1.807, 2.05) is 36.6 Å². The molecule has 1 amide bonds. The van der Waals surface area contributed by atoms with Gasteiger partial charge in [0.2, 0.25) is 0 Å². The second-order valence-corrected chi connectivity index (χ2v) is 4.06. The van der Waals surface area contributed by atoms with Crippen LogP contribution in [0.25, 0.3) is 0 Å². The summed E-state index contributed by atoms with van der Waals surface area (Å²) in [5, 5.41) is 19.4. The van der Waals surface area contributed by atoms with Crippen LogP contribution in [0.15, 0.2) is 29.2 Å². The summed E-state index contributed by atoms with van der Waals surface area (Å²) < 4.78 is 0. The lowest BCUT2D eigenvalue weighted by atomic mass is 10.1. The van der Waals surface area contributed by atoms with E-state index in [0.29, 0.717) is 6.42 Å². The zero-order valence-corrected chi connectivity index (χ0v) is 9.62. The summed E-state index contributed by atoms with van der Waals surface area (Å²) in [6.07, 6.45) is 1.20. The van der Waals surface area contributed by atoms with Crippen molar-refractivity contribution >= 4 is 17.9 Å². The van der Waals surface area contributed by atoms with Crippen LogP contribution in [-0.4, -0.2) is 23.5 Å². The lowest BCUT2D eigenvalue weighted by Crippen LogP contribution is -2.33. The van der Waals surface area contributed by atoms with Gasteiger partial charge >= 0.3 is 6.09 Å². The van der Waals surface area contributed by atoms with E-state index in [1.165, 1.54) is 0 Å². The predicted octanol–water partition coefficient (Wildman–Crippen LogP) is 2.11. The van der Waals surface area contributed by atoms with Gasteiger partial charge in [0.05, 0.1) is 6.07 Å². The van der Waals surface area contributed by atoms with Gasteiger partial charge in [0.1, 0.15) is 6.04 Å². The first kappa shape index (κ1) is 12.4. The fraction of sp³-hybridized carbons (Fsp3) is 0.273. The van der Waals surface area contributed by atoms with Gasteiger partial charge in [-0.2, -0.15) is 5.26 Å². The monoisotopic (exact) mass is 236 g/mol. The SMILES string of the molecule is CSc1ccc(C[C@@H](C#N)NC(=O)O)cc1. The molecular formula is C11H12N2O2S. The largest absolute Gasteiger partial charge is 0.465 e. The summed E-state index contributed by atoms with van der Waals surface area (Å²) in [5.74, 6) is 0. The summed E-state index contributed by atoms with van der Waals surface area (Å²) in [6.45, 7) is 0. The number of carboxylic acid groups (broad SMARTS) is 1. The summed E-state index contributed by atoms with van der Waals surface area (Å²) in [6, 6.07) is 8.93. The van der Waals surface area contributed by atoms with Gasteiger partial charge in [0.25, 0.3) is 0 Å². The lowest BCUT2D eigenvalue weighted by Gasteiger charge is -2.08. The number of hydrogen-bond acceptors (Lipinski definition) is 3. The Morgan fingerprint density at radius 1 is 1.56 bits per heavy atom. The van der Waals surface area contributed by atoms with Crippen LogP contribution in [-0.2, 0) is 6.42 Å². The van der Waals surface area contributed by atoms with Crippen LogP contribution >= 0.6 is 11.8 Å². The molecular weight excluding hydrogens is 224 g/mol. The molecule has 1 aromatic rings. The highest BCUT2D eigenvalue weighted by Crippen LogP contribution is 2.15. The molecule has 0 spiro atoms. The minimum absolute atomic E-state index is 0.386. The molecule has 1 aromatic carbocycles. The van der Waals surface area contributed by atoms with Crippen LogP contribution in [0.3, 0.4) is 0 Å². The standard InChI is InChI=1S/C11H12N2O2S/c1-16-10-4-2-8(3-5-10)6-9(7-12)13-11(14)15/h2-5,9,13H,6H2,1H3,(H,14,15)/t9-/m0/s1. The fourth-order valence-corrected chi connectivity index (χ4v) is 1.68.